The van der Waals surface area contributed by atoms with Crippen LogP contribution in [0, 0.1) is 0 Å². The number of nitrogens with zero attached hydrogens (tertiary/aromatic N) is 4. The number of fused-ring (bicyclic) bond motifs is 1. The van der Waals surface area contributed by atoms with Gasteiger partial charge in [0.2, 0.25) is 0 Å². The summed E-state index contributed by atoms with van der Waals surface area (Å²) in [6, 6.07) is 12.8. The van der Waals surface area contributed by atoms with Gasteiger partial charge < -0.3 is 15.5 Å². The number of amides is 1. The lowest BCUT2D eigenvalue weighted by atomic mass is 9.90. The second-order valence-electron chi connectivity index (χ2n) is 10.4. The fraction of sp³-hybridized carbons (Fsp3) is 0.500. The molecule has 176 valence electrons. The number of aryl methyl sites for hydroxylation is 1. The molecule has 1 fully saturated rings. The molecule has 2 heterocycles. The lowest BCUT2D eigenvalue weighted by molar-refractivity contribution is 0.0917. The first-order valence-electron chi connectivity index (χ1n) is 11.8. The smallest absolute Gasteiger partial charge is 0.269 e. The van der Waals surface area contributed by atoms with Crippen molar-refractivity contribution in [1.29, 1.82) is 0 Å². The van der Waals surface area contributed by atoms with E-state index < -0.39 is 0 Å². The van der Waals surface area contributed by atoms with Crippen molar-refractivity contribution in [3.05, 3.63) is 47.8 Å². The van der Waals surface area contributed by atoms with Crippen LogP contribution in [0.2, 0.25) is 0 Å². The first-order valence-corrected chi connectivity index (χ1v) is 11.8. The van der Waals surface area contributed by atoms with Crippen LogP contribution >= 0.6 is 0 Å². The monoisotopic (exact) mass is 448 g/mol. The molecule has 4 rings (SSSR count). The SMILES string of the molecule is CN(C)c1cc(NC2CCC(NC(=O)c3cc(C(C)(C)C)nn3C)CC2)nc2ccccc12. The second kappa shape index (κ2) is 9.04. The molecule has 1 aliphatic carbocycles. The van der Waals surface area contributed by atoms with Gasteiger partial charge in [0.25, 0.3) is 5.91 Å². The fourth-order valence-corrected chi connectivity index (χ4v) is 4.50. The summed E-state index contributed by atoms with van der Waals surface area (Å²) in [5.74, 6) is 0.873. The Balaban J connectivity index is 1.37. The Morgan fingerprint density at radius 2 is 1.73 bits per heavy atom. The van der Waals surface area contributed by atoms with Crippen molar-refractivity contribution < 1.29 is 4.79 Å². The normalized spacial score (nSPS) is 18.8. The molecular formula is C26H36N6O. The lowest BCUT2D eigenvalue weighted by Gasteiger charge is -2.30. The van der Waals surface area contributed by atoms with Crippen molar-refractivity contribution in [1.82, 2.24) is 20.1 Å². The molecule has 7 nitrogen and oxygen atoms in total. The summed E-state index contributed by atoms with van der Waals surface area (Å²) in [4.78, 5) is 19.8. The van der Waals surface area contributed by atoms with E-state index in [1.54, 1.807) is 4.68 Å². The van der Waals surface area contributed by atoms with E-state index in [0.29, 0.717) is 11.7 Å². The molecule has 0 unspecified atom stereocenters. The summed E-state index contributed by atoms with van der Waals surface area (Å²) in [5.41, 5.74) is 3.64. The minimum absolute atomic E-state index is 0.0382. The van der Waals surface area contributed by atoms with Crippen LogP contribution in [-0.2, 0) is 12.5 Å². The van der Waals surface area contributed by atoms with Crippen LogP contribution in [0.1, 0.15) is 62.6 Å². The largest absolute Gasteiger partial charge is 0.377 e. The van der Waals surface area contributed by atoms with Crippen LogP contribution in [0.15, 0.2) is 36.4 Å². The third-order valence-electron chi connectivity index (χ3n) is 6.47. The third-order valence-corrected chi connectivity index (χ3v) is 6.47. The molecule has 1 aromatic carbocycles. The topological polar surface area (TPSA) is 75.1 Å². The number of carbonyl (C=O) groups excluding carboxylic acids is 1. The van der Waals surface area contributed by atoms with E-state index in [2.05, 4.69) is 79.8 Å². The molecule has 0 aliphatic heterocycles. The van der Waals surface area contributed by atoms with Gasteiger partial charge in [-0.3, -0.25) is 9.48 Å². The van der Waals surface area contributed by atoms with E-state index in [1.807, 2.05) is 19.2 Å². The highest BCUT2D eigenvalue weighted by molar-refractivity contribution is 5.93. The molecular weight excluding hydrogens is 412 g/mol. The number of rotatable bonds is 5. The molecule has 0 bridgehead atoms. The second-order valence-corrected chi connectivity index (χ2v) is 10.4. The number of anilines is 2. The molecule has 33 heavy (non-hydrogen) atoms. The van der Waals surface area contributed by atoms with E-state index in [4.69, 9.17) is 4.98 Å². The number of hydrogen-bond acceptors (Lipinski definition) is 5. The Labute approximate surface area is 196 Å². The molecule has 7 heteroatoms. The maximum Gasteiger partial charge on any atom is 0.269 e. The number of carbonyl (C=O) groups is 1. The Morgan fingerprint density at radius 3 is 2.36 bits per heavy atom. The van der Waals surface area contributed by atoms with Gasteiger partial charge in [-0.05, 0) is 37.8 Å². The molecule has 0 spiro atoms. The first-order chi connectivity index (χ1) is 15.6. The zero-order chi connectivity index (χ0) is 23.8. The number of pyridine rings is 1. The number of benzene rings is 1. The van der Waals surface area contributed by atoms with E-state index in [-0.39, 0.29) is 17.4 Å². The highest BCUT2D eigenvalue weighted by atomic mass is 16.2. The standard InChI is InChI=1S/C26H36N6O/c1-26(2,3)23-15-22(32(6)30-23)25(33)28-18-13-11-17(12-14-18)27-24-16-21(31(4)5)19-9-7-8-10-20(19)29-24/h7-10,15-18H,11-14H2,1-6H3,(H,27,29)(H,28,33). The van der Waals surface area contributed by atoms with E-state index in [1.165, 1.54) is 0 Å². The van der Waals surface area contributed by atoms with Gasteiger partial charge in [0.15, 0.2) is 0 Å². The Hall–Kier alpha value is -3.09. The van der Waals surface area contributed by atoms with Crippen molar-refractivity contribution >= 4 is 28.3 Å². The van der Waals surface area contributed by atoms with Gasteiger partial charge in [-0.2, -0.15) is 5.10 Å². The third kappa shape index (κ3) is 5.13. The number of para-hydroxylation sites is 1. The van der Waals surface area contributed by atoms with Gasteiger partial charge in [0.1, 0.15) is 11.5 Å². The van der Waals surface area contributed by atoms with Crippen LogP contribution in [-0.4, -0.2) is 46.9 Å². The van der Waals surface area contributed by atoms with Crippen molar-refractivity contribution in [2.75, 3.05) is 24.3 Å². The van der Waals surface area contributed by atoms with Gasteiger partial charge >= 0.3 is 0 Å². The van der Waals surface area contributed by atoms with Crippen LogP contribution in [0.25, 0.3) is 10.9 Å². The van der Waals surface area contributed by atoms with Crippen LogP contribution in [0.5, 0.6) is 0 Å². The van der Waals surface area contributed by atoms with Gasteiger partial charge in [-0.1, -0.05) is 39.0 Å². The van der Waals surface area contributed by atoms with Crippen LogP contribution in [0.4, 0.5) is 11.5 Å². The van der Waals surface area contributed by atoms with E-state index >= 15 is 0 Å². The molecule has 2 aromatic heterocycles. The quantitative estimate of drug-likeness (QED) is 0.602. The molecule has 3 aromatic rings. The summed E-state index contributed by atoms with van der Waals surface area (Å²) in [6.07, 6.45) is 3.88. The van der Waals surface area contributed by atoms with Crippen molar-refractivity contribution in [2.24, 2.45) is 7.05 Å². The van der Waals surface area contributed by atoms with Crippen LogP contribution < -0.4 is 15.5 Å². The summed E-state index contributed by atoms with van der Waals surface area (Å²) < 4.78 is 1.69. The average molecular weight is 449 g/mol. The number of hydrogen-bond donors (Lipinski definition) is 2. The number of aromatic nitrogens is 3. The molecule has 2 N–H and O–H groups in total. The Morgan fingerprint density at radius 1 is 1.06 bits per heavy atom. The van der Waals surface area contributed by atoms with Crippen LogP contribution in [0.3, 0.4) is 0 Å². The Bertz CT molecular complexity index is 1140. The average Bonchev–Trinajstić information content (AvgIpc) is 3.17. The van der Waals surface area contributed by atoms with Crippen molar-refractivity contribution in [3.8, 4) is 0 Å². The minimum Gasteiger partial charge on any atom is -0.377 e. The highest BCUT2D eigenvalue weighted by Crippen LogP contribution is 2.29. The van der Waals surface area contributed by atoms with Crippen molar-refractivity contribution in [3.63, 3.8) is 0 Å². The molecule has 1 aliphatic rings. The summed E-state index contributed by atoms with van der Waals surface area (Å²) in [6.45, 7) is 6.32. The Kier molecular flexibility index (Phi) is 6.32. The first kappa shape index (κ1) is 23.1. The van der Waals surface area contributed by atoms with Gasteiger partial charge in [0, 0.05) is 55.8 Å². The maximum atomic E-state index is 12.9. The highest BCUT2D eigenvalue weighted by Gasteiger charge is 2.26. The lowest BCUT2D eigenvalue weighted by Crippen LogP contribution is -2.40. The van der Waals surface area contributed by atoms with Gasteiger partial charge in [-0.15, -0.1) is 0 Å². The predicted octanol–water partition coefficient (Wildman–Crippen LogP) is 4.48. The van der Waals surface area contributed by atoms with Gasteiger partial charge in [0.05, 0.1) is 11.2 Å². The van der Waals surface area contributed by atoms with E-state index in [9.17, 15) is 4.79 Å². The summed E-state index contributed by atoms with van der Waals surface area (Å²) in [5, 5.41) is 12.5. The molecule has 0 saturated heterocycles. The molecule has 0 radical (unpaired) electrons. The van der Waals surface area contributed by atoms with Crippen molar-refractivity contribution in [2.45, 2.75) is 64.0 Å². The zero-order valence-electron chi connectivity index (χ0n) is 20.6. The maximum absolute atomic E-state index is 12.9. The van der Waals surface area contributed by atoms with E-state index in [0.717, 1.165) is 53.8 Å². The fourth-order valence-electron chi connectivity index (χ4n) is 4.50. The molecule has 1 amide bonds. The summed E-state index contributed by atoms with van der Waals surface area (Å²) in [7, 11) is 5.96. The molecule has 1 saturated carbocycles. The predicted molar refractivity (Wildman–Crippen MR) is 135 cm³/mol. The number of nitrogens with one attached hydrogen (secondary N) is 2. The summed E-state index contributed by atoms with van der Waals surface area (Å²) >= 11 is 0. The van der Waals surface area contributed by atoms with Gasteiger partial charge in [-0.25, -0.2) is 4.98 Å². The zero-order valence-corrected chi connectivity index (χ0v) is 20.6. The minimum atomic E-state index is -0.0801. The molecule has 0 atom stereocenters.